The molecule has 2 atom stereocenters. The summed E-state index contributed by atoms with van der Waals surface area (Å²) in [5.74, 6) is 0. The van der Waals surface area contributed by atoms with Crippen LogP contribution in [0.3, 0.4) is 0 Å². The van der Waals surface area contributed by atoms with Gasteiger partial charge in [0.1, 0.15) is 0 Å². The maximum Gasteiger partial charge on any atom is 0.0971 e. The lowest BCUT2D eigenvalue weighted by molar-refractivity contribution is 0.227. The van der Waals surface area contributed by atoms with Crippen molar-refractivity contribution in [2.45, 2.75) is 18.6 Å². The second-order valence-electron chi connectivity index (χ2n) is 4.94. The van der Waals surface area contributed by atoms with Crippen molar-refractivity contribution in [1.82, 2.24) is 0 Å². The molecule has 0 aliphatic rings. The number of hydrogen-bond acceptors (Lipinski definition) is 2. The van der Waals surface area contributed by atoms with Gasteiger partial charge in [-0.25, -0.2) is 0 Å². The van der Waals surface area contributed by atoms with E-state index < -0.39 is 12.2 Å². The maximum absolute atomic E-state index is 10.0. The second kappa shape index (κ2) is 7.02. The van der Waals surface area contributed by atoms with Crippen molar-refractivity contribution >= 4 is 0 Å². The van der Waals surface area contributed by atoms with Crippen molar-refractivity contribution in [3.63, 3.8) is 0 Å². The highest BCUT2D eigenvalue weighted by Gasteiger charge is 2.13. The summed E-state index contributed by atoms with van der Waals surface area (Å²) in [5.41, 5.74) is 3.73. The normalized spacial score (nSPS) is 13.4. The van der Waals surface area contributed by atoms with Gasteiger partial charge in [0.25, 0.3) is 0 Å². The van der Waals surface area contributed by atoms with E-state index in [-0.39, 0.29) is 0 Å². The van der Waals surface area contributed by atoms with E-state index in [4.69, 9.17) is 0 Å². The Hall–Kier alpha value is -2.16. The first-order valence-electron chi connectivity index (χ1n) is 6.94. The molecule has 0 spiro atoms. The lowest BCUT2D eigenvalue weighted by Crippen LogP contribution is -2.04. The lowest BCUT2D eigenvalue weighted by atomic mass is 9.92. The molecule has 0 heterocycles. The van der Waals surface area contributed by atoms with Crippen molar-refractivity contribution in [2.75, 3.05) is 0 Å². The fraction of sp³-hybridized carbons (Fsp3) is 0.158. The van der Waals surface area contributed by atoms with Gasteiger partial charge in [-0.3, -0.25) is 0 Å². The first-order valence-corrected chi connectivity index (χ1v) is 6.94. The minimum absolute atomic E-state index is 0.641. The van der Waals surface area contributed by atoms with Crippen molar-refractivity contribution < 1.29 is 10.2 Å². The van der Waals surface area contributed by atoms with E-state index in [0.29, 0.717) is 6.42 Å². The Morgan fingerprint density at radius 3 is 1.52 bits per heavy atom. The number of aliphatic hydroxyl groups excluding tert-OH is 2. The third-order valence-electron chi connectivity index (χ3n) is 3.57. The highest BCUT2D eigenvalue weighted by molar-refractivity contribution is 5.39. The zero-order valence-electron chi connectivity index (χ0n) is 11.9. The van der Waals surface area contributed by atoms with Gasteiger partial charge in [-0.15, -0.1) is 13.2 Å². The van der Waals surface area contributed by atoms with Crippen LogP contribution in [0.1, 0.15) is 34.5 Å². The van der Waals surface area contributed by atoms with Crippen LogP contribution in [-0.4, -0.2) is 10.2 Å². The summed E-state index contributed by atoms with van der Waals surface area (Å²) < 4.78 is 0. The molecule has 0 radical (unpaired) electrons. The van der Waals surface area contributed by atoms with E-state index in [1.807, 2.05) is 48.5 Å². The molecule has 0 saturated carbocycles. The summed E-state index contributed by atoms with van der Waals surface area (Å²) in [5, 5.41) is 20.1. The van der Waals surface area contributed by atoms with Crippen LogP contribution in [0.2, 0.25) is 0 Å². The average molecular weight is 280 g/mol. The predicted octanol–water partition coefficient (Wildman–Crippen LogP) is 3.72. The molecule has 2 unspecified atom stereocenters. The number of benzene rings is 2. The maximum atomic E-state index is 10.0. The first kappa shape index (κ1) is 15.2. The minimum atomic E-state index is -0.683. The van der Waals surface area contributed by atoms with Crippen LogP contribution >= 0.6 is 0 Å². The highest BCUT2D eigenvalue weighted by atomic mass is 16.3. The third-order valence-corrected chi connectivity index (χ3v) is 3.57. The fourth-order valence-electron chi connectivity index (χ4n) is 2.43. The predicted molar refractivity (Wildman–Crippen MR) is 86.0 cm³/mol. The molecule has 0 aliphatic heterocycles. The van der Waals surface area contributed by atoms with Gasteiger partial charge in [0, 0.05) is 0 Å². The van der Waals surface area contributed by atoms with Gasteiger partial charge >= 0.3 is 0 Å². The molecular formula is C19H20O2. The van der Waals surface area contributed by atoms with Crippen LogP contribution in [0.15, 0.2) is 73.8 Å². The van der Waals surface area contributed by atoms with Crippen molar-refractivity contribution in [1.29, 1.82) is 0 Å². The molecule has 2 nitrogen and oxygen atoms in total. The monoisotopic (exact) mass is 280 g/mol. The smallest absolute Gasteiger partial charge is 0.0971 e. The van der Waals surface area contributed by atoms with Crippen LogP contribution in [0.5, 0.6) is 0 Å². The zero-order valence-corrected chi connectivity index (χ0v) is 11.9. The molecule has 0 amide bonds. The Bertz CT molecular complexity index is 575. The van der Waals surface area contributed by atoms with E-state index in [2.05, 4.69) is 13.2 Å². The molecule has 0 bridgehead atoms. The Labute approximate surface area is 125 Å². The third kappa shape index (κ3) is 3.48. The molecule has 2 N–H and O–H groups in total. The van der Waals surface area contributed by atoms with E-state index in [1.54, 1.807) is 0 Å². The fourth-order valence-corrected chi connectivity index (χ4v) is 2.43. The lowest BCUT2D eigenvalue weighted by Gasteiger charge is -2.16. The van der Waals surface area contributed by atoms with Gasteiger partial charge in [-0.05, 0) is 28.7 Å². The molecule has 21 heavy (non-hydrogen) atoms. The first-order chi connectivity index (χ1) is 10.2. The Kier molecular flexibility index (Phi) is 5.09. The van der Waals surface area contributed by atoms with Crippen LogP contribution in [0, 0.1) is 0 Å². The van der Waals surface area contributed by atoms with Crippen LogP contribution in [0.4, 0.5) is 0 Å². The molecule has 0 aliphatic carbocycles. The van der Waals surface area contributed by atoms with Crippen LogP contribution in [0.25, 0.3) is 0 Å². The summed E-state index contributed by atoms with van der Waals surface area (Å²) in [4.78, 5) is 0. The summed E-state index contributed by atoms with van der Waals surface area (Å²) in [6, 6.07) is 15.5. The largest absolute Gasteiger partial charge is 0.384 e. The number of aliphatic hydroxyl groups is 2. The van der Waals surface area contributed by atoms with Gasteiger partial charge in [0.2, 0.25) is 0 Å². The zero-order chi connectivity index (χ0) is 15.2. The van der Waals surface area contributed by atoms with E-state index in [1.165, 1.54) is 12.2 Å². The van der Waals surface area contributed by atoms with Crippen molar-refractivity contribution in [3.05, 3.63) is 96.1 Å². The Balaban J connectivity index is 2.39. The quantitative estimate of drug-likeness (QED) is 0.792. The molecule has 2 aromatic carbocycles. The van der Waals surface area contributed by atoms with Gasteiger partial charge < -0.3 is 10.2 Å². The Morgan fingerprint density at radius 1 is 0.762 bits per heavy atom. The molecular weight excluding hydrogens is 260 g/mol. The summed E-state index contributed by atoms with van der Waals surface area (Å²) in [7, 11) is 0. The van der Waals surface area contributed by atoms with Crippen LogP contribution < -0.4 is 0 Å². The number of rotatable bonds is 6. The molecule has 0 aromatic heterocycles. The average Bonchev–Trinajstić information content (AvgIpc) is 2.54. The van der Waals surface area contributed by atoms with Gasteiger partial charge in [-0.2, -0.15) is 0 Å². The SMILES string of the molecule is C=CC(O)c1ccccc1Cc1ccccc1C(O)C=C. The number of hydrogen-bond donors (Lipinski definition) is 2. The molecule has 0 fully saturated rings. The summed E-state index contributed by atoms with van der Waals surface area (Å²) >= 11 is 0. The Morgan fingerprint density at radius 2 is 1.14 bits per heavy atom. The molecule has 0 saturated heterocycles. The molecule has 108 valence electrons. The summed E-state index contributed by atoms with van der Waals surface area (Å²) in [6.07, 6.45) is 2.31. The van der Waals surface area contributed by atoms with Gasteiger partial charge in [0.05, 0.1) is 12.2 Å². The molecule has 2 heteroatoms. The van der Waals surface area contributed by atoms with E-state index in [0.717, 1.165) is 22.3 Å². The topological polar surface area (TPSA) is 40.5 Å². The van der Waals surface area contributed by atoms with Crippen LogP contribution in [-0.2, 0) is 6.42 Å². The van der Waals surface area contributed by atoms with Gasteiger partial charge in [-0.1, -0.05) is 60.7 Å². The minimum Gasteiger partial charge on any atom is -0.384 e. The second-order valence-corrected chi connectivity index (χ2v) is 4.94. The van der Waals surface area contributed by atoms with E-state index in [9.17, 15) is 10.2 Å². The molecule has 2 aromatic rings. The van der Waals surface area contributed by atoms with Crippen molar-refractivity contribution in [2.24, 2.45) is 0 Å². The van der Waals surface area contributed by atoms with E-state index >= 15 is 0 Å². The summed E-state index contributed by atoms with van der Waals surface area (Å²) in [6.45, 7) is 7.28. The van der Waals surface area contributed by atoms with Crippen molar-refractivity contribution in [3.8, 4) is 0 Å². The highest BCUT2D eigenvalue weighted by Crippen LogP contribution is 2.25. The molecule has 2 rings (SSSR count). The standard InChI is InChI=1S/C19H20O2/c1-3-18(20)16-11-7-5-9-14(16)13-15-10-6-8-12-17(15)19(21)4-2/h3-12,18-21H,1-2,13H2. The van der Waals surface area contributed by atoms with Gasteiger partial charge in [0.15, 0.2) is 0 Å².